The van der Waals surface area contributed by atoms with Crippen LogP contribution in [-0.4, -0.2) is 43.8 Å². The Labute approximate surface area is 175 Å². The smallest absolute Gasteiger partial charge is 0.203 e. The second-order valence-electron chi connectivity index (χ2n) is 5.87. The van der Waals surface area contributed by atoms with E-state index in [0.717, 1.165) is 16.5 Å². The summed E-state index contributed by atoms with van der Waals surface area (Å²) < 4.78 is 21.7. The molecule has 0 amide bonds. The second kappa shape index (κ2) is 9.84. The first-order valence-corrected chi connectivity index (χ1v) is 8.70. The van der Waals surface area contributed by atoms with E-state index in [2.05, 4.69) is 10.1 Å². The average Bonchev–Trinajstić information content (AvgIpc) is 2.73. The largest absolute Gasteiger partial charge is 0.494 e. The first kappa shape index (κ1) is 22.1. The van der Waals surface area contributed by atoms with Crippen LogP contribution in [0.4, 0.5) is 0 Å². The summed E-state index contributed by atoms with van der Waals surface area (Å²) in [6, 6.07) is 9.15. The SMILES string of the molecule is CCOc1ccc2c(/C(=N/O)c3cc(OC)c(OC)c(OC)c3)cncc2c1.Cl. The molecule has 1 aromatic heterocycles. The van der Waals surface area contributed by atoms with Gasteiger partial charge in [0.15, 0.2) is 11.5 Å². The summed E-state index contributed by atoms with van der Waals surface area (Å²) in [4.78, 5) is 4.29. The van der Waals surface area contributed by atoms with Gasteiger partial charge in [0.25, 0.3) is 0 Å². The normalized spacial score (nSPS) is 11.0. The van der Waals surface area contributed by atoms with Gasteiger partial charge >= 0.3 is 0 Å². The molecule has 154 valence electrons. The Morgan fingerprint density at radius 3 is 2.24 bits per heavy atom. The maximum Gasteiger partial charge on any atom is 0.203 e. The van der Waals surface area contributed by atoms with Crippen molar-refractivity contribution in [1.82, 2.24) is 4.98 Å². The number of rotatable bonds is 7. The number of methoxy groups -OCH3 is 3. The van der Waals surface area contributed by atoms with Crippen LogP contribution in [0, 0.1) is 0 Å². The molecular formula is C21H23ClN2O5. The molecule has 0 aliphatic heterocycles. The Bertz CT molecular complexity index is 998. The third-order valence-electron chi connectivity index (χ3n) is 4.33. The van der Waals surface area contributed by atoms with Crippen molar-refractivity contribution in [2.45, 2.75) is 6.92 Å². The molecule has 0 aliphatic carbocycles. The number of nitrogens with zero attached hydrogens (tertiary/aromatic N) is 2. The molecule has 0 fully saturated rings. The standard InChI is InChI=1S/C21H22N2O5.ClH/c1-5-28-15-6-7-16-14(8-15)11-22-12-17(16)20(23-24)13-9-18(25-2)21(27-4)19(10-13)26-3;/h6-12,24H,5H2,1-4H3;1H/b23-20+;. The van der Waals surface area contributed by atoms with Crippen LogP contribution < -0.4 is 18.9 Å². The van der Waals surface area contributed by atoms with Crippen molar-refractivity contribution in [1.29, 1.82) is 0 Å². The number of halogens is 1. The Balaban J connectivity index is 0.00000300. The molecule has 0 saturated heterocycles. The Hall–Kier alpha value is -3.19. The Morgan fingerprint density at radius 2 is 1.69 bits per heavy atom. The summed E-state index contributed by atoms with van der Waals surface area (Å²) in [5.74, 6) is 2.14. The van der Waals surface area contributed by atoms with Crippen molar-refractivity contribution < 1.29 is 24.2 Å². The Kier molecular flexibility index (Phi) is 7.50. The lowest BCUT2D eigenvalue weighted by Gasteiger charge is -2.15. The van der Waals surface area contributed by atoms with Gasteiger partial charge in [0, 0.05) is 28.9 Å². The van der Waals surface area contributed by atoms with Crippen molar-refractivity contribution in [2.75, 3.05) is 27.9 Å². The zero-order chi connectivity index (χ0) is 20.1. The van der Waals surface area contributed by atoms with E-state index in [4.69, 9.17) is 18.9 Å². The molecule has 29 heavy (non-hydrogen) atoms. The van der Waals surface area contributed by atoms with Crippen LogP contribution in [0.3, 0.4) is 0 Å². The molecule has 0 saturated carbocycles. The highest BCUT2D eigenvalue weighted by molar-refractivity contribution is 6.19. The van der Waals surface area contributed by atoms with Crippen LogP contribution in [0.15, 0.2) is 47.9 Å². The van der Waals surface area contributed by atoms with Crippen LogP contribution in [0.1, 0.15) is 18.1 Å². The van der Waals surface area contributed by atoms with Gasteiger partial charge in [-0.3, -0.25) is 4.98 Å². The molecule has 8 heteroatoms. The van der Waals surface area contributed by atoms with Gasteiger partial charge in [-0.25, -0.2) is 0 Å². The first-order valence-electron chi connectivity index (χ1n) is 8.70. The van der Waals surface area contributed by atoms with Crippen LogP contribution in [0.25, 0.3) is 10.8 Å². The summed E-state index contributed by atoms with van der Waals surface area (Å²) in [7, 11) is 4.60. The van der Waals surface area contributed by atoms with Crippen LogP contribution >= 0.6 is 12.4 Å². The van der Waals surface area contributed by atoms with Gasteiger partial charge in [-0.2, -0.15) is 0 Å². The van der Waals surface area contributed by atoms with E-state index < -0.39 is 0 Å². The number of hydrogen-bond acceptors (Lipinski definition) is 7. The molecule has 0 bridgehead atoms. The molecular weight excluding hydrogens is 396 g/mol. The van der Waals surface area contributed by atoms with E-state index in [-0.39, 0.29) is 12.4 Å². The lowest BCUT2D eigenvalue weighted by atomic mass is 9.98. The number of benzene rings is 2. The van der Waals surface area contributed by atoms with Crippen LogP contribution in [0.2, 0.25) is 0 Å². The fraction of sp³-hybridized carbons (Fsp3) is 0.238. The zero-order valence-corrected chi connectivity index (χ0v) is 17.4. The third kappa shape index (κ3) is 4.30. The van der Waals surface area contributed by atoms with E-state index in [0.29, 0.717) is 40.7 Å². The summed E-state index contributed by atoms with van der Waals surface area (Å²) in [5, 5.41) is 15.1. The molecule has 3 aromatic rings. The highest BCUT2D eigenvalue weighted by atomic mass is 35.5. The lowest BCUT2D eigenvalue weighted by molar-refractivity contribution is 0.318. The number of ether oxygens (including phenoxy) is 4. The summed E-state index contributed by atoms with van der Waals surface area (Å²) in [6.45, 7) is 2.51. The third-order valence-corrected chi connectivity index (χ3v) is 4.33. The van der Waals surface area contributed by atoms with Crippen LogP contribution in [0.5, 0.6) is 23.0 Å². The van der Waals surface area contributed by atoms with E-state index >= 15 is 0 Å². The summed E-state index contributed by atoms with van der Waals surface area (Å²) in [6.07, 6.45) is 3.40. The van der Waals surface area contributed by atoms with E-state index in [1.165, 1.54) is 21.3 Å². The predicted octanol–water partition coefficient (Wildman–Crippen LogP) is 4.31. The van der Waals surface area contributed by atoms with Crippen molar-refractivity contribution in [3.05, 3.63) is 53.9 Å². The lowest BCUT2D eigenvalue weighted by Crippen LogP contribution is -2.07. The second-order valence-corrected chi connectivity index (χ2v) is 5.87. The number of fused-ring (bicyclic) bond motifs is 1. The number of pyridine rings is 1. The van der Waals surface area contributed by atoms with E-state index in [9.17, 15) is 5.21 Å². The molecule has 1 heterocycles. The van der Waals surface area contributed by atoms with Gasteiger partial charge in [-0.1, -0.05) is 5.16 Å². The van der Waals surface area contributed by atoms with Gasteiger partial charge in [0.2, 0.25) is 5.75 Å². The van der Waals surface area contributed by atoms with Gasteiger partial charge in [0.05, 0.1) is 27.9 Å². The molecule has 0 radical (unpaired) electrons. The fourth-order valence-corrected chi connectivity index (χ4v) is 3.08. The van der Waals surface area contributed by atoms with Gasteiger partial charge < -0.3 is 24.2 Å². The number of aromatic nitrogens is 1. The maximum absolute atomic E-state index is 9.81. The highest BCUT2D eigenvalue weighted by Gasteiger charge is 2.19. The van der Waals surface area contributed by atoms with Crippen LogP contribution in [-0.2, 0) is 0 Å². The molecule has 7 nitrogen and oxygen atoms in total. The molecule has 2 aromatic carbocycles. The average molecular weight is 419 g/mol. The minimum absolute atomic E-state index is 0. The first-order chi connectivity index (χ1) is 13.7. The van der Waals surface area contributed by atoms with Gasteiger partial charge in [-0.15, -0.1) is 12.4 Å². The molecule has 0 spiro atoms. The molecule has 1 N–H and O–H groups in total. The van der Waals surface area contributed by atoms with Crippen molar-refractivity contribution in [2.24, 2.45) is 5.16 Å². The summed E-state index contributed by atoms with van der Waals surface area (Å²) in [5.41, 5.74) is 1.60. The quantitative estimate of drug-likeness (QED) is 0.350. The minimum Gasteiger partial charge on any atom is -0.494 e. The Morgan fingerprint density at radius 1 is 1.00 bits per heavy atom. The molecule has 3 rings (SSSR count). The topological polar surface area (TPSA) is 82.4 Å². The minimum atomic E-state index is 0. The fourth-order valence-electron chi connectivity index (χ4n) is 3.08. The van der Waals surface area contributed by atoms with E-state index in [1.54, 1.807) is 24.5 Å². The zero-order valence-electron chi connectivity index (χ0n) is 16.6. The van der Waals surface area contributed by atoms with Gasteiger partial charge in [0.1, 0.15) is 11.5 Å². The molecule has 0 atom stereocenters. The van der Waals surface area contributed by atoms with Crippen molar-refractivity contribution in [3.8, 4) is 23.0 Å². The molecule has 0 aliphatic rings. The van der Waals surface area contributed by atoms with E-state index in [1.807, 2.05) is 25.1 Å². The summed E-state index contributed by atoms with van der Waals surface area (Å²) >= 11 is 0. The highest BCUT2D eigenvalue weighted by Crippen LogP contribution is 2.39. The monoisotopic (exact) mass is 418 g/mol. The maximum atomic E-state index is 9.81. The predicted molar refractivity (Wildman–Crippen MR) is 114 cm³/mol. The van der Waals surface area contributed by atoms with Crippen molar-refractivity contribution in [3.63, 3.8) is 0 Å². The number of oxime groups is 1. The van der Waals surface area contributed by atoms with Gasteiger partial charge in [-0.05, 0) is 42.6 Å². The number of hydrogen-bond donors (Lipinski definition) is 1. The van der Waals surface area contributed by atoms with Crippen molar-refractivity contribution >= 4 is 28.9 Å². The molecule has 0 unspecified atom stereocenters.